The van der Waals surface area contributed by atoms with Gasteiger partial charge in [0.2, 0.25) is 0 Å². The molecule has 0 amide bonds. The van der Waals surface area contributed by atoms with Gasteiger partial charge in [0.25, 0.3) is 0 Å². The summed E-state index contributed by atoms with van der Waals surface area (Å²) >= 11 is 0. The summed E-state index contributed by atoms with van der Waals surface area (Å²) in [4.78, 5) is 0. The lowest BCUT2D eigenvalue weighted by Crippen LogP contribution is -2.30. The van der Waals surface area contributed by atoms with Gasteiger partial charge in [-0.15, -0.1) is 12.4 Å². The summed E-state index contributed by atoms with van der Waals surface area (Å²) in [5.41, 5.74) is 0. The smallest absolute Gasteiger partial charge is 0.0591 e. The largest absolute Gasteiger partial charge is 0.379 e. The van der Waals surface area contributed by atoms with Gasteiger partial charge in [0.15, 0.2) is 0 Å². The average molecular weight is 211 g/mol. The molecule has 2 rings (SSSR count). The standard InChI is InChI=1S/2C4H9NO.ClH/c2*1-3-6-4-2-5-1;/h2*5H,1-4H2;1H. The number of nitrogens with one attached hydrogen (secondary N) is 2. The molecule has 2 saturated heterocycles. The average Bonchev–Trinajstić information content (AvgIpc) is 2.24. The van der Waals surface area contributed by atoms with Crippen molar-refractivity contribution in [2.45, 2.75) is 0 Å². The maximum Gasteiger partial charge on any atom is 0.0591 e. The van der Waals surface area contributed by atoms with E-state index < -0.39 is 0 Å². The van der Waals surface area contributed by atoms with Gasteiger partial charge >= 0.3 is 0 Å². The fourth-order valence-corrected chi connectivity index (χ4v) is 1.03. The Balaban J connectivity index is 0.000000206. The summed E-state index contributed by atoms with van der Waals surface area (Å²) in [6.07, 6.45) is 0. The lowest BCUT2D eigenvalue weighted by atomic mass is 10.5. The Morgan fingerprint density at radius 1 is 0.615 bits per heavy atom. The maximum absolute atomic E-state index is 5.01. The molecule has 13 heavy (non-hydrogen) atoms. The van der Waals surface area contributed by atoms with Crippen molar-refractivity contribution in [2.24, 2.45) is 0 Å². The predicted octanol–water partition coefficient (Wildman–Crippen LogP) is -0.366. The number of hydrogen-bond donors (Lipinski definition) is 2. The molecular formula is C8H19ClN2O2. The van der Waals surface area contributed by atoms with Gasteiger partial charge < -0.3 is 20.1 Å². The van der Waals surface area contributed by atoms with Gasteiger partial charge in [-0.05, 0) is 0 Å². The number of rotatable bonds is 0. The molecule has 0 aliphatic carbocycles. The molecule has 0 aromatic carbocycles. The molecular weight excluding hydrogens is 192 g/mol. The normalized spacial score (nSPS) is 22.2. The first-order chi connectivity index (χ1) is 6.00. The lowest BCUT2D eigenvalue weighted by molar-refractivity contribution is 0.109. The summed E-state index contributed by atoms with van der Waals surface area (Å²) in [6, 6.07) is 0. The predicted molar refractivity (Wildman–Crippen MR) is 54.6 cm³/mol. The van der Waals surface area contributed by atoms with Crippen molar-refractivity contribution in [1.29, 1.82) is 0 Å². The van der Waals surface area contributed by atoms with Crippen LogP contribution in [0.25, 0.3) is 0 Å². The summed E-state index contributed by atoms with van der Waals surface area (Å²) < 4.78 is 10.0. The van der Waals surface area contributed by atoms with Crippen molar-refractivity contribution in [3.8, 4) is 0 Å². The second-order valence-electron chi connectivity index (χ2n) is 2.72. The zero-order valence-electron chi connectivity index (χ0n) is 7.88. The molecule has 0 spiro atoms. The quantitative estimate of drug-likeness (QED) is 0.573. The highest BCUT2D eigenvalue weighted by Crippen LogP contribution is 1.77. The van der Waals surface area contributed by atoms with E-state index in [4.69, 9.17) is 9.47 Å². The molecule has 2 aliphatic heterocycles. The third-order valence-electron chi connectivity index (χ3n) is 1.69. The van der Waals surface area contributed by atoms with Gasteiger partial charge in [-0.25, -0.2) is 0 Å². The molecule has 0 unspecified atom stereocenters. The molecule has 80 valence electrons. The van der Waals surface area contributed by atoms with Crippen LogP contribution in [-0.2, 0) is 9.47 Å². The van der Waals surface area contributed by atoms with Gasteiger partial charge in [-0.2, -0.15) is 0 Å². The van der Waals surface area contributed by atoms with E-state index in [0.717, 1.165) is 52.6 Å². The van der Waals surface area contributed by atoms with Crippen LogP contribution in [0.5, 0.6) is 0 Å². The van der Waals surface area contributed by atoms with E-state index in [-0.39, 0.29) is 12.4 Å². The second kappa shape index (κ2) is 10.2. The molecule has 2 N–H and O–H groups in total. The van der Waals surface area contributed by atoms with Crippen molar-refractivity contribution in [2.75, 3.05) is 52.6 Å². The highest BCUT2D eigenvalue weighted by molar-refractivity contribution is 5.85. The van der Waals surface area contributed by atoms with Crippen LogP contribution < -0.4 is 10.6 Å². The van der Waals surface area contributed by atoms with Crippen LogP contribution in [0.15, 0.2) is 0 Å². The Labute approximate surface area is 85.8 Å². The SMILES string of the molecule is C1COCCN1.C1COCCN1.Cl. The molecule has 4 nitrogen and oxygen atoms in total. The molecule has 2 heterocycles. The Morgan fingerprint density at radius 2 is 0.923 bits per heavy atom. The van der Waals surface area contributed by atoms with Crippen LogP contribution in [0.3, 0.4) is 0 Å². The van der Waals surface area contributed by atoms with Gasteiger partial charge in [0.05, 0.1) is 26.4 Å². The van der Waals surface area contributed by atoms with Crippen LogP contribution in [-0.4, -0.2) is 52.6 Å². The summed E-state index contributed by atoms with van der Waals surface area (Å²) in [7, 11) is 0. The summed E-state index contributed by atoms with van der Waals surface area (Å²) in [5, 5.41) is 6.32. The van der Waals surface area contributed by atoms with E-state index in [2.05, 4.69) is 10.6 Å². The van der Waals surface area contributed by atoms with Gasteiger partial charge in [0.1, 0.15) is 0 Å². The zero-order chi connectivity index (χ0) is 8.49. The van der Waals surface area contributed by atoms with E-state index >= 15 is 0 Å². The minimum Gasteiger partial charge on any atom is -0.379 e. The fourth-order valence-electron chi connectivity index (χ4n) is 1.03. The zero-order valence-corrected chi connectivity index (χ0v) is 8.70. The van der Waals surface area contributed by atoms with Gasteiger partial charge in [-0.3, -0.25) is 0 Å². The third-order valence-corrected chi connectivity index (χ3v) is 1.69. The molecule has 0 saturated carbocycles. The number of hydrogen-bond acceptors (Lipinski definition) is 4. The Morgan fingerprint density at radius 3 is 1.00 bits per heavy atom. The Kier molecular flexibility index (Phi) is 10.3. The van der Waals surface area contributed by atoms with Crippen LogP contribution in [0.4, 0.5) is 0 Å². The number of ether oxygens (including phenoxy) is 2. The summed E-state index contributed by atoms with van der Waals surface area (Å²) in [6.45, 7) is 7.67. The third kappa shape index (κ3) is 8.46. The molecule has 0 aromatic heterocycles. The van der Waals surface area contributed by atoms with Crippen LogP contribution >= 0.6 is 12.4 Å². The fraction of sp³-hybridized carbons (Fsp3) is 1.00. The van der Waals surface area contributed by atoms with E-state index in [9.17, 15) is 0 Å². The maximum atomic E-state index is 5.01. The lowest BCUT2D eigenvalue weighted by Gasteiger charge is -2.10. The van der Waals surface area contributed by atoms with E-state index in [1.165, 1.54) is 0 Å². The van der Waals surface area contributed by atoms with Crippen molar-refractivity contribution >= 4 is 12.4 Å². The molecule has 0 radical (unpaired) electrons. The minimum absolute atomic E-state index is 0. The van der Waals surface area contributed by atoms with Crippen molar-refractivity contribution in [3.63, 3.8) is 0 Å². The second-order valence-corrected chi connectivity index (χ2v) is 2.72. The molecule has 2 fully saturated rings. The number of halogens is 1. The molecule has 0 bridgehead atoms. The topological polar surface area (TPSA) is 42.5 Å². The number of morpholine rings is 2. The first kappa shape index (κ1) is 13.1. The highest BCUT2D eigenvalue weighted by atomic mass is 35.5. The monoisotopic (exact) mass is 210 g/mol. The Bertz CT molecular complexity index is 63.1. The van der Waals surface area contributed by atoms with Crippen molar-refractivity contribution in [1.82, 2.24) is 10.6 Å². The first-order valence-corrected chi connectivity index (χ1v) is 4.57. The van der Waals surface area contributed by atoms with Crippen LogP contribution in [0.2, 0.25) is 0 Å². The highest BCUT2D eigenvalue weighted by Gasteiger charge is 1.93. The van der Waals surface area contributed by atoms with Crippen LogP contribution in [0.1, 0.15) is 0 Å². The first-order valence-electron chi connectivity index (χ1n) is 4.57. The molecule has 2 aliphatic rings. The minimum atomic E-state index is 0. The van der Waals surface area contributed by atoms with E-state index in [0.29, 0.717) is 0 Å². The van der Waals surface area contributed by atoms with E-state index in [1.54, 1.807) is 0 Å². The van der Waals surface area contributed by atoms with Crippen molar-refractivity contribution < 1.29 is 9.47 Å². The van der Waals surface area contributed by atoms with Crippen LogP contribution in [0, 0.1) is 0 Å². The molecule has 0 atom stereocenters. The van der Waals surface area contributed by atoms with E-state index in [1.807, 2.05) is 0 Å². The van der Waals surface area contributed by atoms with Gasteiger partial charge in [-0.1, -0.05) is 0 Å². The molecule has 0 aromatic rings. The molecule has 5 heteroatoms. The summed E-state index contributed by atoms with van der Waals surface area (Å²) in [5.74, 6) is 0. The van der Waals surface area contributed by atoms with Crippen molar-refractivity contribution in [3.05, 3.63) is 0 Å². The van der Waals surface area contributed by atoms with Gasteiger partial charge in [0, 0.05) is 26.2 Å². The Hall–Kier alpha value is 0.130.